The maximum absolute atomic E-state index is 4.42. The van der Waals surface area contributed by atoms with Gasteiger partial charge in [0.15, 0.2) is 5.69 Å². The molecule has 0 amide bonds. The second-order valence-electron chi connectivity index (χ2n) is 2.99. The van der Waals surface area contributed by atoms with Gasteiger partial charge >= 0.3 is 5.82 Å². The summed E-state index contributed by atoms with van der Waals surface area (Å²) in [5.41, 5.74) is 3.46. The first-order chi connectivity index (χ1) is 5.65. The molecule has 1 heterocycles. The maximum atomic E-state index is 4.42. The molecule has 0 spiro atoms. The van der Waals surface area contributed by atoms with E-state index in [1.54, 1.807) is 0 Å². The van der Waals surface area contributed by atoms with Crippen molar-refractivity contribution in [2.24, 2.45) is 0 Å². The van der Waals surface area contributed by atoms with Crippen molar-refractivity contribution >= 4 is 5.57 Å². The van der Waals surface area contributed by atoms with Crippen molar-refractivity contribution in [1.82, 2.24) is 4.98 Å². The van der Waals surface area contributed by atoms with Crippen LogP contribution < -0.4 is 17.4 Å². The highest BCUT2D eigenvalue weighted by Gasteiger charge is 2.08. The summed E-state index contributed by atoms with van der Waals surface area (Å²) in [7, 11) is 0. The van der Waals surface area contributed by atoms with Gasteiger partial charge in [0.05, 0.1) is 6.20 Å². The minimum absolute atomic E-state index is 0. The number of aryl methyl sites for hydroxylation is 2. The Balaban J connectivity index is 0.00000144. The number of aromatic nitrogens is 2. The van der Waals surface area contributed by atoms with Gasteiger partial charge in [0, 0.05) is 18.1 Å². The van der Waals surface area contributed by atoms with Crippen molar-refractivity contribution in [3.63, 3.8) is 0 Å². The Kier molecular flexibility index (Phi) is 4.63. The van der Waals surface area contributed by atoms with Crippen LogP contribution >= 0.6 is 0 Å². The fraction of sp³-hybridized carbons (Fsp3) is 0.400. The molecule has 0 aromatic carbocycles. The van der Waals surface area contributed by atoms with Gasteiger partial charge < -0.3 is 12.4 Å². The summed E-state index contributed by atoms with van der Waals surface area (Å²) in [6.07, 6.45) is 4.04. The average Bonchev–Trinajstić information content (AvgIpc) is 2.08. The van der Waals surface area contributed by atoms with E-state index in [0.29, 0.717) is 0 Å². The van der Waals surface area contributed by atoms with Gasteiger partial charge in [0.1, 0.15) is 0 Å². The summed E-state index contributed by atoms with van der Waals surface area (Å²) in [5.74, 6) is 0.959. The number of halogens is 1. The third-order valence-corrected chi connectivity index (χ3v) is 2.08. The smallest absolute Gasteiger partial charge is 0.323 e. The molecule has 0 saturated heterocycles. The number of nitrogens with zero attached hydrogens (tertiary/aromatic N) is 1. The molecule has 0 unspecified atom stereocenters. The zero-order chi connectivity index (χ0) is 9.14. The molecule has 0 saturated carbocycles. The van der Waals surface area contributed by atoms with E-state index in [9.17, 15) is 0 Å². The van der Waals surface area contributed by atoms with Gasteiger partial charge in [-0.2, -0.15) is 0 Å². The zero-order valence-corrected chi connectivity index (χ0v) is 9.24. The Morgan fingerprint density at radius 2 is 2.08 bits per heavy atom. The van der Waals surface area contributed by atoms with E-state index in [1.807, 2.05) is 40.0 Å². The van der Waals surface area contributed by atoms with E-state index in [4.69, 9.17) is 0 Å². The molecule has 0 fully saturated rings. The topological polar surface area (TPSA) is 27.0 Å². The maximum Gasteiger partial charge on any atom is 0.323 e. The first-order valence-corrected chi connectivity index (χ1v) is 4.14. The normalized spacial score (nSPS) is 10.9. The van der Waals surface area contributed by atoms with Crippen molar-refractivity contribution in [3.05, 3.63) is 29.4 Å². The summed E-state index contributed by atoms with van der Waals surface area (Å²) in [6.45, 7) is 8.14. The van der Waals surface area contributed by atoms with Gasteiger partial charge in [0.2, 0.25) is 0 Å². The van der Waals surface area contributed by atoms with Gasteiger partial charge in [-0.3, -0.25) is 0 Å². The number of hydrogen-bond acceptors (Lipinski definition) is 1. The molecule has 0 atom stereocenters. The average molecular weight is 199 g/mol. The van der Waals surface area contributed by atoms with E-state index < -0.39 is 0 Å². The van der Waals surface area contributed by atoms with Crippen LogP contribution in [0, 0.1) is 13.8 Å². The van der Waals surface area contributed by atoms with Crippen molar-refractivity contribution in [3.8, 4) is 0 Å². The second kappa shape index (κ2) is 4.97. The number of allylic oxidation sites excluding steroid dienone is 2. The standard InChI is InChI=1S/C10H14N2.ClH/c1-5-7(2)10-11-6-8(3)9(4)12-10;/h5-6H,1-4H3;1H. The van der Waals surface area contributed by atoms with Crippen LogP contribution in [0.5, 0.6) is 0 Å². The lowest BCUT2D eigenvalue weighted by Gasteiger charge is -1.93. The molecule has 72 valence electrons. The fourth-order valence-electron chi connectivity index (χ4n) is 0.908. The molecule has 0 bridgehead atoms. The Labute approximate surface area is 85.5 Å². The van der Waals surface area contributed by atoms with Gasteiger partial charge in [0.25, 0.3) is 0 Å². The molecule has 1 rings (SSSR count). The lowest BCUT2D eigenvalue weighted by Crippen LogP contribution is -3.00. The van der Waals surface area contributed by atoms with Crippen LogP contribution in [0.15, 0.2) is 12.3 Å². The Morgan fingerprint density at radius 3 is 2.54 bits per heavy atom. The molecule has 13 heavy (non-hydrogen) atoms. The van der Waals surface area contributed by atoms with E-state index in [0.717, 1.165) is 11.5 Å². The SMILES string of the molecule is CC=C(C)c1nc(C)c(C)c[nH+]1.[Cl-]. The van der Waals surface area contributed by atoms with Crippen LogP contribution in [0.1, 0.15) is 30.9 Å². The van der Waals surface area contributed by atoms with E-state index in [2.05, 4.69) is 9.97 Å². The summed E-state index contributed by atoms with van der Waals surface area (Å²) in [5, 5.41) is 0. The van der Waals surface area contributed by atoms with Crippen molar-refractivity contribution < 1.29 is 17.4 Å². The van der Waals surface area contributed by atoms with E-state index in [1.165, 1.54) is 11.1 Å². The summed E-state index contributed by atoms with van der Waals surface area (Å²) < 4.78 is 0. The fourth-order valence-corrected chi connectivity index (χ4v) is 0.908. The Morgan fingerprint density at radius 1 is 1.46 bits per heavy atom. The quantitative estimate of drug-likeness (QED) is 0.565. The minimum Gasteiger partial charge on any atom is -1.00 e. The van der Waals surface area contributed by atoms with Gasteiger partial charge in [-0.05, 0) is 25.8 Å². The molecule has 1 aromatic heterocycles. The molecule has 0 aliphatic carbocycles. The van der Waals surface area contributed by atoms with Crippen LogP contribution in [-0.4, -0.2) is 4.98 Å². The first kappa shape index (κ1) is 12.1. The van der Waals surface area contributed by atoms with Gasteiger partial charge in [-0.15, -0.1) is 0 Å². The van der Waals surface area contributed by atoms with Crippen molar-refractivity contribution in [2.45, 2.75) is 27.7 Å². The molecule has 0 aliphatic rings. The molecule has 0 radical (unpaired) electrons. The summed E-state index contributed by atoms with van der Waals surface area (Å²) >= 11 is 0. The molecule has 1 aromatic rings. The Bertz CT molecular complexity index is 319. The number of rotatable bonds is 1. The van der Waals surface area contributed by atoms with Crippen LogP contribution in [-0.2, 0) is 0 Å². The predicted octanol–water partition coefficient (Wildman–Crippen LogP) is -1.06. The zero-order valence-electron chi connectivity index (χ0n) is 8.48. The van der Waals surface area contributed by atoms with Crippen molar-refractivity contribution in [2.75, 3.05) is 0 Å². The number of hydrogen-bond donors (Lipinski definition) is 0. The third-order valence-electron chi connectivity index (χ3n) is 2.08. The monoisotopic (exact) mass is 198 g/mol. The molecular weight excluding hydrogens is 184 g/mol. The largest absolute Gasteiger partial charge is 1.00 e. The number of H-pyrrole nitrogens is 1. The highest BCUT2D eigenvalue weighted by molar-refractivity contribution is 5.54. The van der Waals surface area contributed by atoms with Crippen molar-refractivity contribution in [1.29, 1.82) is 0 Å². The molecule has 0 aliphatic heterocycles. The van der Waals surface area contributed by atoms with E-state index >= 15 is 0 Å². The number of nitrogens with one attached hydrogen (secondary N) is 1. The van der Waals surface area contributed by atoms with Crippen LogP contribution in [0.4, 0.5) is 0 Å². The van der Waals surface area contributed by atoms with Gasteiger partial charge in [-0.1, -0.05) is 6.08 Å². The van der Waals surface area contributed by atoms with Crippen LogP contribution in [0.25, 0.3) is 5.57 Å². The Hall–Kier alpha value is -0.890. The van der Waals surface area contributed by atoms with Gasteiger partial charge in [-0.25, -0.2) is 4.98 Å². The predicted molar refractivity (Wildman–Crippen MR) is 49.6 cm³/mol. The second-order valence-corrected chi connectivity index (χ2v) is 2.99. The van der Waals surface area contributed by atoms with Crippen LogP contribution in [0.3, 0.4) is 0 Å². The lowest BCUT2D eigenvalue weighted by molar-refractivity contribution is -0.387. The molecule has 2 nitrogen and oxygen atoms in total. The molecule has 3 heteroatoms. The highest BCUT2D eigenvalue weighted by atomic mass is 35.5. The summed E-state index contributed by atoms with van der Waals surface area (Å²) in [6, 6.07) is 0. The highest BCUT2D eigenvalue weighted by Crippen LogP contribution is 2.06. The molecular formula is C10H15ClN2. The van der Waals surface area contributed by atoms with E-state index in [-0.39, 0.29) is 12.4 Å². The van der Waals surface area contributed by atoms with Crippen LogP contribution in [0.2, 0.25) is 0 Å². The lowest BCUT2D eigenvalue weighted by atomic mass is 10.2. The minimum atomic E-state index is 0. The number of aromatic amines is 1. The summed E-state index contributed by atoms with van der Waals surface area (Å²) in [4.78, 5) is 7.57. The molecule has 1 N–H and O–H groups in total. The third kappa shape index (κ3) is 2.81. The first-order valence-electron chi connectivity index (χ1n) is 4.14.